The molecule has 21 heavy (non-hydrogen) atoms. The van der Waals surface area contributed by atoms with Crippen LogP contribution in [0, 0.1) is 5.82 Å². The summed E-state index contributed by atoms with van der Waals surface area (Å²) in [5, 5.41) is 0. The smallest absolute Gasteiger partial charge is 0.337 e. The van der Waals surface area contributed by atoms with Crippen molar-refractivity contribution in [2.75, 3.05) is 7.11 Å². The summed E-state index contributed by atoms with van der Waals surface area (Å²) in [6.45, 7) is 6.40. The average molecular weight is 286 g/mol. The van der Waals surface area contributed by atoms with Gasteiger partial charge in [0.25, 0.3) is 0 Å². The minimum absolute atomic E-state index is 0.0613. The van der Waals surface area contributed by atoms with E-state index in [1.165, 1.54) is 18.7 Å². The molecule has 0 saturated carbocycles. The van der Waals surface area contributed by atoms with E-state index in [-0.39, 0.29) is 11.0 Å². The van der Waals surface area contributed by atoms with Crippen molar-refractivity contribution in [1.29, 1.82) is 0 Å². The molecule has 0 aliphatic heterocycles. The van der Waals surface area contributed by atoms with Crippen LogP contribution in [0.15, 0.2) is 42.5 Å². The second-order valence-electron chi connectivity index (χ2n) is 6.01. The van der Waals surface area contributed by atoms with Gasteiger partial charge in [0.05, 0.1) is 12.7 Å². The highest BCUT2D eigenvalue weighted by Gasteiger charge is 2.15. The van der Waals surface area contributed by atoms with Gasteiger partial charge in [-0.05, 0) is 28.7 Å². The molecule has 0 saturated heterocycles. The molecule has 0 aliphatic carbocycles. The minimum Gasteiger partial charge on any atom is -0.465 e. The normalized spacial score (nSPS) is 11.3. The first-order valence-electron chi connectivity index (χ1n) is 6.81. The van der Waals surface area contributed by atoms with Crippen molar-refractivity contribution in [3.63, 3.8) is 0 Å². The van der Waals surface area contributed by atoms with Crippen molar-refractivity contribution >= 4 is 5.97 Å². The molecule has 2 aromatic carbocycles. The first-order valence-corrected chi connectivity index (χ1v) is 6.81. The Morgan fingerprint density at radius 3 is 2.14 bits per heavy atom. The highest BCUT2D eigenvalue weighted by atomic mass is 19.1. The van der Waals surface area contributed by atoms with Crippen LogP contribution < -0.4 is 0 Å². The van der Waals surface area contributed by atoms with Gasteiger partial charge in [-0.15, -0.1) is 0 Å². The topological polar surface area (TPSA) is 26.3 Å². The first kappa shape index (κ1) is 15.2. The largest absolute Gasteiger partial charge is 0.465 e. The van der Waals surface area contributed by atoms with Crippen LogP contribution >= 0.6 is 0 Å². The van der Waals surface area contributed by atoms with E-state index in [4.69, 9.17) is 0 Å². The van der Waals surface area contributed by atoms with E-state index in [1.54, 1.807) is 12.1 Å². The zero-order valence-electron chi connectivity index (χ0n) is 12.7. The highest BCUT2D eigenvalue weighted by Crippen LogP contribution is 2.28. The van der Waals surface area contributed by atoms with Crippen molar-refractivity contribution in [1.82, 2.24) is 0 Å². The highest BCUT2D eigenvalue weighted by molar-refractivity contribution is 5.90. The molecule has 110 valence electrons. The molecular formula is C18H19FO2. The summed E-state index contributed by atoms with van der Waals surface area (Å²) in [7, 11) is 1.28. The van der Waals surface area contributed by atoms with E-state index in [0.717, 1.165) is 5.56 Å². The Morgan fingerprint density at radius 1 is 1.05 bits per heavy atom. The molecule has 2 aromatic rings. The molecule has 0 aliphatic rings. The Bertz CT molecular complexity index is 652. The fourth-order valence-electron chi connectivity index (χ4n) is 2.14. The summed E-state index contributed by atoms with van der Waals surface area (Å²) in [4.78, 5) is 11.4. The fraction of sp³-hybridized carbons (Fsp3) is 0.278. The van der Waals surface area contributed by atoms with E-state index in [1.807, 2.05) is 24.3 Å². The number of esters is 1. The molecule has 0 bridgehead atoms. The molecule has 0 radical (unpaired) electrons. The molecule has 0 atom stereocenters. The Morgan fingerprint density at radius 2 is 1.67 bits per heavy atom. The maximum absolute atomic E-state index is 14.2. The molecule has 0 heterocycles. The quantitative estimate of drug-likeness (QED) is 0.755. The van der Waals surface area contributed by atoms with Crippen molar-refractivity contribution in [3.8, 4) is 11.1 Å². The Kier molecular flexibility index (Phi) is 4.12. The third-order valence-corrected chi connectivity index (χ3v) is 3.45. The van der Waals surface area contributed by atoms with Crippen LogP contribution in [0.25, 0.3) is 11.1 Å². The number of hydrogen-bond acceptors (Lipinski definition) is 2. The summed E-state index contributed by atoms with van der Waals surface area (Å²) in [5.41, 5.74) is 2.73. The lowest BCUT2D eigenvalue weighted by Gasteiger charge is -2.19. The van der Waals surface area contributed by atoms with Gasteiger partial charge in [-0.2, -0.15) is 0 Å². The first-order chi connectivity index (χ1) is 9.82. The molecule has 3 heteroatoms. The zero-order chi connectivity index (χ0) is 15.6. The van der Waals surface area contributed by atoms with Gasteiger partial charge in [0.15, 0.2) is 0 Å². The third kappa shape index (κ3) is 3.30. The van der Waals surface area contributed by atoms with Gasteiger partial charge in [0.2, 0.25) is 0 Å². The predicted octanol–water partition coefficient (Wildman–Crippen LogP) is 4.58. The van der Waals surface area contributed by atoms with Gasteiger partial charge in [-0.3, -0.25) is 0 Å². The number of benzene rings is 2. The van der Waals surface area contributed by atoms with Gasteiger partial charge in [0, 0.05) is 5.56 Å². The monoisotopic (exact) mass is 286 g/mol. The zero-order valence-corrected chi connectivity index (χ0v) is 12.7. The molecule has 0 spiro atoms. The lowest BCUT2D eigenvalue weighted by atomic mass is 9.86. The molecule has 0 N–H and O–H groups in total. The molecule has 2 rings (SSSR count). The number of rotatable bonds is 2. The van der Waals surface area contributed by atoms with Crippen LogP contribution in [-0.4, -0.2) is 13.1 Å². The number of hydrogen-bond donors (Lipinski definition) is 0. The standard InChI is InChI=1S/C18H19FO2/c1-18(2,3)14-8-5-12(6-9-14)15-10-7-13(11-16(15)19)17(20)21-4/h5-11H,1-4H3. The molecule has 2 nitrogen and oxygen atoms in total. The summed E-state index contributed by atoms with van der Waals surface area (Å²) < 4.78 is 18.7. The molecular weight excluding hydrogens is 267 g/mol. The van der Waals surface area contributed by atoms with E-state index in [9.17, 15) is 9.18 Å². The van der Waals surface area contributed by atoms with Crippen LogP contribution in [-0.2, 0) is 10.2 Å². The Balaban J connectivity index is 2.36. The maximum Gasteiger partial charge on any atom is 0.337 e. The lowest BCUT2D eigenvalue weighted by Crippen LogP contribution is -2.10. The van der Waals surface area contributed by atoms with Crippen LogP contribution in [0.2, 0.25) is 0 Å². The number of carbonyl (C=O) groups is 1. The van der Waals surface area contributed by atoms with E-state index < -0.39 is 11.8 Å². The number of ether oxygens (including phenoxy) is 1. The lowest BCUT2D eigenvalue weighted by molar-refractivity contribution is 0.0600. The fourth-order valence-corrected chi connectivity index (χ4v) is 2.14. The third-order valence-electron chi connectivity index (χ3n) is 3.45. The van der Waals surface area contributed by atoms with E-state index >= 15 is 0 Å². The van der Waals surface area contributed by atoms with Crippen LogP contribution in [0.1, 0.15) is 36.7 Å². The van der Waals surface area contributed by atoms with Gasteiger partial charge in [-0.1, -0.05) is 51.1 Å². The van der Waals surface area contributed by atoms with Crippen LogP contribution in [0.4, 0.5) is 4.39 Å². The molecule has 0 aromatic heterocycles. The van der Waals surface area contributed by atoms with Crippen molar-refractivity contribution < 1.29 is 13.9 Å². The Hall–Kier alpha value is -2.16. The van der Waals surface area contributed by atoms with Gasteiger partial charge < -0.3 is 4.74 Å². The molecule has 0 fully saturated rings. The van der Waals surface area contributed by atoms with Gasteiger partial charge in [0.1, 0.15) is 5.82 Å². The van der Waals surface area contributed by atoms with Crippen molar-refractivity contribution in [2.24, 2.45) is 0 Å². The minimum atomic E-state index is -0.538. The molecule has 0 amide bonds. The molecule has 0 unspecified atom stereocenters. The van der Waals surface area contributed by atoms with Crippen molar-refractivity contribution in [2.45, 2.75) is 26.2 Å². The van der Waals surface area contributed by atoms with E-state index in [0.29, 0.717) is 5.56 Å². The van der Waals surface area contributed by atoms with Gasteiger partial charge in [-0.25, -0.2) is 9.18 Å². The maximum atomic E-state index is 14.2. The average Bonchev–Trinajstić information content (AvgIpc) is 2.45. The summed E-state index contributed by atoms with van der Waals surface area (Å²) in [6, 6.07) is 12.2. The van der Waals surface area contributed by atoms with Crippen LogP contribution in [0.3, 0.4) is 0 Å². The van der Waals surface area contributed by atoms with Crippen LogP contribution in [0.5, 0.6) is 0 Å². The van der Waals surface area contributed by atoms with E-state index in [2.05, 4.69) is 25.5 Å². The van der Waals surface area contributed by atoms with Crippen molar-refractivity contribution in [3.05, 3.63) is 59.4 Å². The summed E-state index contributed by atoms with van der Waals surface area (Å²) in [5.74, 6) is -0.968. The second kappa shape index (κ2) is 5.68. The summed E-state index contributed by atoms with van der Waals surface area (Å²) >= 11 is 0. The predicted molar refractivity (Wildman–Crippen MR) is 81.9 cm³/mol. The Labute approximate surface area is 124 Å². The number of methoxy groups -OCH3 is 1. The van der Waals surface area contributed by atoms with Gasteiger partial charge >= 0.3 is 5.97 Å². The number of carbonyl (C=O) groups excluding carboxylic acids is 1. The SMILES string of the molecule is COC(=O)c1ccc(-c2ccc(C(C)(C)C)cc2)c(F)c1. The summed E-state index contributed by atoms with van der Waals surface area (Å²) in [6.07, 6.45) is 0. The number of halogens is 1. The second-order valence-corrected chi connectivity index (χ2v) is 6.01.